The lowest BCUT2D eigenvalue weighted by Gasteiger charge is -2.39. The highest BCUT2D eigenvalue weighted by Gasteiger charge is 2.38. The molecular formula is C23H25NO3S. The molecule has 146 valence electrons. The fourth-order valence-electron chi connectivity index (χ4n) is 4.26. The number of carbonyl (C=O) groups excluding carboxylic acids is 1. The Labute approximate surface area is 169 Å². The summed E-state index contributed by atoms with van der Waals surface area (Å²) >= 11 is 1.75. The van der Waals surface area contributed by atoms with Crippen LogP contribution < -0.4 is 10.1 Å². The maximum Gasteiger partial charge on any atom is 0.255 e. The van der Waals surface area contributed by atoms with E-state index in [1.165, 1.54) is 15.6 Å². The van der Waals surface area contributed by atoms with Gasteiger partial charge in [-0.15, -0.1) is 11.3 Å². The maximum absolute atomic E-state index is 12.9. The number of aliphatic hydroxyl groups excluding tert-OH is 1. The van der Waals surface area contributed by atoms with E-state index < -0.39 is 0 Å². The molecule has 4 rings (SSSR count). The minimum Gasteiger partial charge on any atom is -0.496 e. The summed E-state index contributed by atoms with van der Waals surface area (Å²) in [4.78, 5) is 12.9. The molecule has 28 heavy (non-hydrogen) atoms. The van der Waals surface area contributed by atoms with E-state index in [-0.39, 0.29) is 17.4 Å². The summed E-state index contributed by atoms with van der Waals surface area (Å²) < 4.78 is 6.60. The fourth-order valence-corrected chi connectivity index (χ4v) is 5.35. The van der Waals surface area contributed by atoms with Gasteiger partial charge in [0.15, 0.2) is 0 Å². The van der Waals surface area contributed by atoms with Crippen LogP contribution in [0.25, 0.3) is 10.1 Å². The molecule has 1 aromatic heterocycles. The van der Waals surface area contributed by atoms with Crippen LogP contribution in [0.2, 0.25) is 0 Å². The van der Waals surface area contributed by atoms with Crippen molar-refractivity contribution in [3.05, 3.63) is 65.0 Å². The number of ether oxygens (including phenoxy) is 1. The zero-order valence-corrected chi connectivity index (χ0v) is 16.8. The van der Waals surface area contributed by atoms with Gasteiger partial charge in [0.25, 0.3) is 5.91 Å². The summed E-state index contributed by atoms with van der Waals surface area (Å²) in [6.45, 7) is 0.553. The molecule has 0 atom stereocenters. The first-order valence-corrected chi connectivity index (χ1v) is 10.6. The van der Waals surface area contributed by atoms with Crippen molar-refractivity contribution in [1.29, 1.82) is 0 Å². The third-order valence-corrected chi connectivity index (χ3v) is 6.87. The Hall–Kier alpha value is -2.37. The number of methoxy groups -OCH3 is 1. The molecular weight excluding hydrogens is 370 g/mol. The fraction of sp³-hybridized carbons (Fsp3) is 0.348. The van der Waals surface area contributed by atoms with E-state index >= 15 is 0 Å². The van der Waals surface area contributed by atoms with E-state index in [2.05, 4.69) is 35.0 Å². The summed E-state index contributed by atoms with van der Waals surface area (Å²) in [7, 11) is 1.58. The molecule has 0 bridgehead atoms. The summed E-state index contributed by atoms with van der Waals surface area (Å²) in [6.07, 6.45) is 2.99. The number of amides is 1. The summed E-state index contributed by atoms with van der Waals surface area (Å²) in [6, 6.07) is 15.7. The smallest absolute Gasteiger partial charge is 0.255 e. The SMILES string of the molecule is COc1ccccc1C(=O)NCC1(c2csc3ccccc23)CCC(O)CC1. The summed E-state index contributed by atoms with van der Waals surface area (Å²) in [5.74, 6) is 0.455. The molecule has 1 aliphatic rings. The van der Waals surface area contributed by atoms with Crippen LogP contribution in [0, 0.1) is 0 Å². The molecule has 0 radical (unpaired) electrons. The number of fused-ring (bicyclic) bond motifs is 1. The van der Waals surface area contributed by atoms with Crippen molar-refractivity contribution in [2.24, 2.45) is 0 Å². The van der Waals surface area contributed by atoms with Gasteiger partial charge in [0.1, 0.15) is 5.75 Å². The van der Waals surface area contributed by atoms with Crippen molar-refractivity contribution in [2.75, 3.05) is 13.7 Å². The highest BCUT2D eigenvalue weighted by atomic mass is 32.1. The molecule has 0 saturated heterocycles. The van der Waals surface area contributed by atoms with Crippen LogP contribution >= 0.6 is 11.3 Å². The predicted molar refractivity (Wildman–Crippen MR) is 113 cm³/mol. The van der Waals surface area contributed by atoms with Crippen LogP contribution in [0.3, 0.4) is 0 Å². The number of thiophene rings is 1. The topological polar surface area (TPSA) is 58.6 Å². The molecule has 2 aromatic carbocycles. The van der Waals surface area contributed by atoms with Crippen molar-refractivity contribution in [3.8, 4) is 5.75 Å². The Kier molecular flexibility index (Phi) is 5.38. The van der Waals surface area contributed by atoms with Gasteiger partial charge >= 0.3 is 0 Å². The van der Waals surface area contributed by atoms with E-state index in [9.17, 15) is 9.90 Å². The second-order valence-corrected chi connectivity index (χ2v) is 8.45. The molecule has 0 aliphatic heterocycles. The normalized spacial score (nSPS) is 22.1. The van der Waals surface area contributed by atoms with Gasteiger partial charge in [0.05, 0.1) is 18.8 Å². The monoisotopic (exact) mass is 395 g/mol. The Bertz CT molecular complexity index is 973. The summed E-state index contributed by atoms with van der Waals surface area (Å²) in [5, 5.41) is 16.7. The van der Waals surface area contributed by atoms with Crippen LogP contribution in [-0.4, -0.2) is 30.8 Å². The van der Waals surface area contributed by atoms with Crippen molar-refractivity contribution >= 4 is 27.3 Å². The van der Waals surface area contributed by atoms with Gasteiger partial charge in [-0.1, -0.05) is 30.3 Å². The minimum absolute atomic E-state index is 0.123. The van der Waals surface area contributed by atoms with Crippen LogP contribution in [0.4, 0.5) is 0 Å². The van der Waals surface area contributed by atoms with E-state index in [0.29, 0.717) is 17.9 Å². The van der Waals surface area contributed by atoms with E-state index in [1.54, 1.807) is 30.6 Å². The molecule has 1 heterocycles. The second kappa shape index (κ2) is 7.94. The zero-order valence-electron chi connectivity index (χ0n) is 16.0. The van der Waals surface area contributed by atoms with Crippen molar-refractivity contribution in [1.82, 2.24) is 5.32 Å². The van der Waals surface area contributed by atoms with Crippen molar-refractivity contribution < 1.29 is 14.6 Å². The number of carbonyl (C=O) groups is 1. The maximum atomic E-state index is 12.9. The number of hydrogen-bond donors (Lipinski definition) is 2. The minimum atomic E-state index is -0.247. The number of para-hydroxylation sites is 1. The largest absolute Gasteiger partial charge is 0.496 e. The van der Waals surface area contributed by atoms with Crippen molar-refractivity contribution in [3.63, 3.8) is 0 Å². The number of benzene rings is 2. The highest BCUT2D eigenvalue weighted by Crippen LogP contribution is 2.44. The molecule has 5 heteroatoms. The standard InChI is InChI=1S/C23H25NO3S/c1-27-20-8-4-2-7-18(20)22(26)24-15-23(12-10-16(25)11-13-23)19-14-28-21-9-5-3-6-17(19)21/h2-9,14,16,25H,10-13,15H2,1H3,(H,24,26). The molecule has 2 N–H and O–H groups in total. The third kappa shape index (κ3) is 3.52. The van der Waals surface area contributed by atoms with Crippen LogP contribution in [-0.2, 0) is 5.41 Å². The quantitative estimate of drug-likeness (QED) is 0.668. The molecule has 1 aliphatic carbocycles. The van der Waals surface area contributed by atoms with Crippen LogP contribution in [0.1, 0.15) is 41.6 Å². The van der Waals surface area contributed by atoms with Gasteiger partial charge in [-0.2, -0.15) is 0 Å². The molecule has 4 nitrogen and oxygen atoms in total. The Morgan fingerprint density at radius 1 is 1.18 bits per heavy atom. The van der Waals surface area contributed by atoms with E-state index in [0.717, 1.165) is 25.7 Å². The second-order valence-electron chi connectivity index (χ2n) is 7.54. The van der Waals surface area contributed by atoms with Crippen LogP contribution in [0.15, 0.2) is 53.9 Å². The number of rotatable bonds is 5. The molecule has 1 amide bonds. The number of hydrogen-bond acceptors (Lipinski definition) is 4. The molecule has 1 saturated carbocycles. The van der Waals surface area contributed by atoms with Gasteiger partial charge in [0.2, 0.25) is 0 Å². The van der Waals surface area contributed by atoms with Crippen LogP contribution in [0.5, 0.6) is 5.75 Å². The molecule has 3 aromatic rings. The number of aliphatic hydroxyl groups is 1. The first kappa shape index (κ1) is 19.0. The average molecular weight is 396 g/mol. The zero-order chi connectivity index (χ0) is 19.6. The van der Waals surface area contributed by atoms with E-state index in [1.807, 2.05) is 12.1 Å². The van der Waals surface area contributed by atoms with Gasteiger partial charge in [0, 0.05) is 16.7 Å². The van der Waals surface area contributed by atoms with Gasteiger partial charge in [-0.3, -0.25) is 4.79 Å². The Morgan fingerprint density at radius 2 is 1.89 bits per heavy atom. The average Bonchev–Trinajstić information content (AvgIpc) is 3.18. The molecule has 0 unspecified atom stereocenters. The Morgan fingerprint density at radius 3 is 2.68 bits per heavy atom. The first-order valence-electron chi connectivity index (χ1n) is 9.69. The van der Waals surface area contributed by atoms with Gasteiger partial charge in [-0.25, -0.2) is 0 Å². The first-order chi connectivity index (χ1) is 13.6. The predicted octanol–water partition coefficient (Wildman–Crippen LogP) is 4.51. The lowest BCUT2D eigenvalue weighted by atomic mass is 9.68. The van der Waals surface area contributed by atoms with E-state index in [4.69, 9.17) is 4.74 Å². The molecule has 1 fully saturated rings. The van der Waals surface area contributed by atoms with Gasteiger partial charge in [-0.05, 0) is 60.2 Å². The van der Waals surface area contributed by atoms with Gasteiger partial charge < -0.3 is 15.2 Å². The Balaban J connectivity index is 1.63. The highest BCUT2D eigenvalue weighted by molar-refractivity contribution is 7.17. The lowest BCUT2D eigenvalue weighted by Crippen LogP contribution is -2.44. The third-order valence-electron chi connectivity index (χ3n) is 5.90. The molecule has 0 spiro atoms. The summed E-state index contributed by atoms with van der Waals surface area (Å²) in [5.41, 5.74) is 1.68. The number of nitrogens with one attached hydrogen (secondary N) is 1. The van der Waals surface area contributed by atoms with Crippen molar-refractivity contribution in [2.45, 2.75) is 37.2 Å². The lowest BCUT2D eigenvalue weighted by molar-refractivity contribution is 0.0853.